The van der Waals surface area contributed by atoms with E-state index in [1.807, 2.05) is 13.8 Å². The molecule has 0 aliphatic heterocycles. The zero-order valence-electron chi connectivity index (χ0n) is 18.1. The molecule has 0 amide bonds. The van der Waals surface area contributed by atoms with Gasteiger partial charge in [-0.15, -0.1) is 0 Å². The lowest BCUT2D eigenvalue weighted by molar-refractivity contribution is 0.0757. The van der Waals surface area contributed by atoms with E-state index in [-0.39, 0.29) is 12.0 Å². The molecule has 10 heteroatoms. The molecule has 0 aromatic carbocycles. The first-order valence-corrected chi connectivity index (χ1v) is 13.5. The summed E-state index contributed by atoms with van der Waals surface area (Å²) < 4.78 is 37.3. The third-order valence-corrected chi connectivity index (χ3v) is 5.74. The maximum Gasteiger partial charge on any atom is 0.469 e. The number of phosphoric ester groups is 1. The summed E-state index contributed by atoms with van der Waals surface area (Å²) in [6.45, 7) is 10.6. The van der Waals surface area contributed by atoms with E-state index in [0.717, 1.165) is 38.5 Å². The van der Waals surface area contributed by atoms with Crippen LogP contribution in [0.25, 0.3) is 0 Å². The minimum absolute atomic E-state index is 0.0762. The summed E-state index contributed by atoms with van der Waals surface area (Å²) in [7, 11) is -7.82. The molecule has 0 aliphatic rings. The average Bonchev–Trinajstić information content (AvgIpc) is 2.46. The van der Waals surface area contributed by atoms with Gasteiger partial charge >= 0.3 is 15.4 Å². The quantitative estimate of drug-likeness (QED) is 0.214. The molecule has 0 aromatic rings. The van der Waals surface area contributed by atoms with E-state index >= 15 is 0 Å². The van der Waals surface area contributed by atoms with Crippen molar-refractivity contribution >= 4 is 15.4 Å². The van der Waals surface area contributed by atoms with E-state index in [4.69, 9.17) is 19.0 Å². The number of unbranched alkanes of at least 4 members (excludes halogenated alkanes) is 2. The molecule has 0 fully saturated rings. The van der Waals surface area contributed by atoms with Crippen LogP contribution in [0, 0.1) is 5.41 Å². The van der Waals surface area contributed by atoms with Crippen molar-refractivity contribution in [1.82, 2.24) is 0 Å². The van der Waals surface area contributed by atoms with E-state index < -0.39 is 21.0 Å². The molecule has 0 aromatic heterocycles. The molecule has 3 N–H and O–H groups in total. The Bertz CT molecular complexity index is 510. The summed E-state index contributed by atoms with van der Waals surface area (Å²) in [5, 5.41) is 0. The Morgan fingerprint density at radius 2 is 1.25 bits per heavy atom. The standard InChI is InChI=1S/C18H40O8P2/c1-17(2,12-10-16-25-28(21,22)23)11-6-8-14-24-15-9-7-13-18(3,4)26-27(5,19)20/h6-16H2,1-5H3,(H,19,20)(H2,21,22,23). The number of rotatable bonds is 17. The zero-order chi connectivity index (χ0) is 21.9. The number of ether oxygens (including phenoxy) is 1. The topological polar surface area (TPSA) is 123 Å². The van der Waals surface area contributed by atoms with Crippen molar-refractivity contribution in [3.63, 3.8) is 0 Å². The largest absolute Gasteiger partial charge is 0.469 e. The molecule has 0 saturated carbocycles. The van der Waals surface area contributed by atoms with Crippen LogP contribution in [-0.2, 0) is 22.9 Å². The maximum absolute atomic E-state index is 11.3. The van der Waals surface area contributed by atoms with Gasteiger partial charge in [0.15, 0.2) is 0 Å². The monoisotopic (exact) mass is 446 g/mol. The predicted octanol–water partition coefficient (Wildman–Crippen LogP) is 4.87. The summed E-state index contributed by atoms with van der Waals surface area (Å²) in [5.74, 6) is 0. The van der Waals surface area contributed by atoms with Crippen LogP contribution in [0.15, 0.2) is 0 Å². The second-order valence-electron chi connectivity index (χ2n) is 8.77. The molecule has 0 spiro atoms. The van der Waals surface area contributed by atoms with Crippen molar-refractivity contribution in [2.75, 3.05) is 26.5 Å². The summed E-state index contributed by atoms with van der Waals surface area (Å²) >= 11 is 0. The molecule has 0 aliphatic carbocycles. The highest BCUT2D eigenvalue weighted by Gasteiger charge is 2.26. The molecule has 8 nitrogen and oxygen atoms in total. The second-order valence-corrected chi connectivity index (χ2v) is 11.8. The van der Waals surface area contributed by atoms with Crippen LogP contribution in [0.2, 0.25) is 0 Å². The fourth-order valence-corrected chi connectivity index (χ4v) is 4.40. The van der Waals surface area contributed by atoms with Crippen molar-refractivity contribution in [1.29, 1.82) is 0 Å². The Morgan fingerprint density at radius 3 is 1.75 bits per heavy atom. The SMILES string of the molecule is CC(C)(CCCCOCCCCC(C)(C)OP(C)(=O)O)CCCOP(=O)(O)O. The lowest BCUT2D eigenvalue weighted by Gasteiger charge is -2.26. The van der Waals surface area contributed by atoms with E-state index in [1.54, 1.807) is 0 Å². The Kier molecular flexibility index (Phi) is 12.9. The van der Waals surface area contributed by atoms with E-state index in [1.165, 1.54) is 6.66 Å². The van der Waals surface area contributed by atoms with Gasteiger partial charge < -0.3 is 23.9 Å². The van der Waals surface area contributed by atoms with Crippen molar-refractivity contribution < 1.29 is 37.6 Å². The van der Waals surface area contributed by atoms with Crippen LogP contribution in [0.4, 0.5) is 0 Å². The van der Waals surface area contributed by atoms with Gasteiger partial charge in [0.1, 0.15) is 0 Å². The van der Waals surface area contributed by atoms with Crippen LogP contribution in [0.1, 0.15) is 79.1 Å². The molecule has 0 bridgehead atoms. The molecule has 0 radical (unpaired) electrons. The van der Waals surface area contributed by atoms with Gasteiger partial charge in [-0.25, -0.2) is 4.57 Å². The first-order chi connectivity index (χ1) is 12.6. The lowest BCUT2D eigenvalue weighted by atomic mass is 9.83. The highest BCUT2D eigenvalue weighted by molar-refractivity contribution is 7.51. The van der Waals surface area contributed by atoms with Gasteiger partial charge in [-0.1, -0.05) is 20.3 Å². The Labute approximate surface area is 170 Å². The zero-order valence-corrected chi connectivity index (χ0v) is 19.8. The number of hydrogen-bond donors (Lipinski definition) is 3. The third kappa shape index (κ3) is 19.5. The van der Waals surface area contributed by atoms with Crippen molar-refractivity contribution in [2.45, 2.75) is 84.7 Å². The predicted molar refractivity (Wildman–Crippen MR) is 110 cm³/mol. The highest BCUT2D eigenvalue weighted by atomic mass is 31.2. The Balaban J connectivity index is 3.65. The van der Waals surface area contributed by atoms with Crippen LogP contribution in [0.3, 0.4) is 0 Å². The summed E-state index contributed by atoms with van der Waals surface area (Å²) in [5.41, 5.74) is -0.504. The molecule has 1 atom stereocenters. The molecule has 0 saturated heterocycles. The fraction of sp³-hybridized carbons (Fsp3) is 1.00. The molecular weight excluding hydrogens is 406 g/mol. The number of hydrogen-bond acceptors (Lipinski definition) is 5. The van der Waals surface area contributed by atoms with Crippen molar-refractivity contribution in [3.8, 4) is 0 Å². The normalized spacial score (nSPS) is 15.6. The Hall–Kier alpha value is 0.220. The van der Waals surface area contributed by atoms with Crippen LogP contribution >= 0.6 is 15.4 Å². The molecular formula is C18H40O8P2. The third-order valence-electron chi connectivity index (χ3n) is 4.38. The molecule has 170 valence electrons. The first kappa shape index (κ1) is 28.2. The fourth-order valence-electron chi connectivity index (χ4n) is 3.03. The summed E-state index contributed by atoms with van der Waals surface area (Å²) in [6.07, 6.45) is 6.97. The van der Waals surface area contributed by atoms with Gasteiger partial charge in [0.2, 0.25) is 0 Å². The van der Waals surface area contributed by atoms with E-state index in [0.29, 0.717) is 26.1 Å². The van der Waals surface area contributed by atoms with Gasteiger partial charge in [-0.3, -0.25) is 9.09 Å². The molecule has 28 heavy (non-hydrogen) atoms. The highest BCUT2D eigenvalue weighted by Crippen LogP contribution is 2.43. The molecule has 0 heterocycles. The van der Waals surface area contributed by atoms with Crippen LogP contribution < -0.4 is 0 Å². The van der Waals surface area contributed by atoms with Gasteiger partial charge in [-0.05, 0) is 64.2 Å². The minimum Gasteiger partial charge on any atom is -0.381 e. The van der Waals surface area contributed by atoms with Gasteiger partial charge in [0.05, 0.1) is 12.2 Å². The smallest absolute Gasteiger partial charge is 0.381 e. The van der Waals surface area contributed by atoms with Gasteiger partial charge in [0.25, 0.3) is 0 Å². The first-order valence-electron chi connectivity index (χ1n) is 9.91. The molecule has 0 rings (SSSR count). The van der Waals surface area contributed by atoms with Gasteiger partial charge in [-0.2, -0.15) is 0 Å². The van der Waals surface area contributed by atoms with Gasteiger partial charge in [0, 0.05) is 19.9 Å². The van der Waals surface area contributed by atoms with Crippen LogP contribution in [-0.4, -0.2) is 46.8 Å². The van der Waals surface area contributed by atoms with Crippen molar-refractivity contribution in [2.24, 2.45) is 5.41 Å². The lowest BCUT2D eigenvalue weighted by Crippen LogP contribution is -2.22. The van der Waals surface area contributed by atoms with Crippen molar-refractivity contribution in [3.05, 3.63) is 0 Å². The van der Waals surface area contributed by atoms with Crippen LogP contribution in [0.5, 0.6) is 0 Å². The summed E-state index contributed by atoms with van der Waals surface area (Å²) in [4.78, 5) is 26.6. The minimum atomic E-state index is -4.36. The van der Waals surface area contributed by atoms with E-state index in [9.17, 15) is 14.0 Å². The number of phosphoric acid groups is 1. The average molecular weight is 446 g/mol. The van der Waals surface area contributed by atoms with E-state index in [2.05, 4.69) is 18.4 Å². The maximum atomic E-state index is 11.3. The second kappa shape index (κ2) is 12.8. The molecule has 1 unspecified atom stereocenters. The Morgan fingerprint density at radius 1 is 0.750 bits per heavy atom. The summed E-state index contributed by atoms with van der Waals surface area (Å²) in [6, 6.07) is 0.